The fourth-order valence-electron chi connectivity index (χ4n) is 2.58. The summed E-state index contributed by atoms with van der Waals surface area (Å²) in [6.07, 6.45) is 13.0. The minimum atomic E-state index is -4.45. The fraction of sp³-hybridized carbons (Fsp3) is 0.941. The molecule has 0 aliphatic carbocycles. The molecule has 0 saturated heterocycles. The van der Waals surface area contributed by atoms with Gasteiger partial charge in [0.2, 0.25) is 0 Å². The maximum atomic E-state index is 12.0. The number of rotatable bonds is 15. The molecule has 0 fully saturated rings. The molecule has 0 aromatic rings. The van der Waals surface area contributed by atoms with Crippen LogP contribution in [-0.4, -0.2) is 30.0 Å². The molecule has 0 saturated carbocycles. The summed E-state index contributed by atoms with van der Waals surface area (Å²) in [4.78, 5) is 12.0. The molecule has 1 unspecified atom stereocenters. The van der Waals surface area contributed by atoms with Crippen molar-refractivity contribution in [2.45, 2.75) is 95.6 Å². The van der Waals surface area contributed by atoms with Gasteiger partial charge in [0.05, 0.1) is 0 Å². The number of hydrogen-bond donors (Lipinski definition) is 2. The topological polar surface area (TPSA) is 97.5 Å². The molecule has 0 rings (SSSR count). The predicted molar refractivity (Wildman–Crippen MR) is 95.1 cm³/mol. The summed E-state index contributed by atoms with van der Waals surface area (Å²) in [5, 5.41) is 0. The van der Waals surface area contributed by atoms with Gasteiger partial charge in [0.1, 0.15) is 0 Å². The summed E-state index contributed by atoms with van der Waals surface area (Å²) < 4.78 is 29.9. The summed E-state index contributed by atoms with van der Waals surface area (Å²) in [5.41, 5.74) is 5.36. The number of nitrogens with two attached hydrogens (primary N) is 1. The van der Waals surface area contributed by atoms with Gasteiger partial charge in [0, 0.05) is 13.0 Å². The molecule has 24 heavy (non-hydrogen) atoms. The van der Waals surface area contributed by atoms with Crippen LogP contribution in [0.25, 0.3) is 0 Å². The van der Waals surface area contributed by atoms with E-state index in [2.05, 4.69) is 6.92 Å². The van der Waals surface area contributed by atoms with Crippen LogP contribution in [0.4, 0.5) is 0 Å². The molecule has 0 spiro atoms. The number of carbonyl (C=O) groups is 1. The minimum Gasteiger partial charge on any atom is -0.328 e. The van der Waals surface area contributed by atoms with Crippen molar-refractivity contribution >= 4 is 15.9 Å². The summed E-state index contributed by atoms with van der Waals surface area (Å²) >= 11 is 0. The molecule has 0 aromatic carbocycles. The monoisotopic (exact) mass is 372 g/mol. The molecule has 0 amide bonds. The van der Waals surface area contributed by atoms with Crippen molar-refractivity contribution < 1.29 is 47.3 Å². The van der Waals surface area contributed by atoms with Crippen LogP contribution in [0.1, 0.15) is 90.9 Å². The second kappa shape index (κ2) is 14.7. The van der Waals surface area contributed by atoms with E-state index < -0.39 is 20.6 Å². The number of unbranched alkanes of at least 4 members (excludes halogenated alkanes) is 10. The van der Waals surface area contributed by atoms with Crippen molar-refractivity contribution in [1.29, 1.82) is 0 Å². The number of Topliss-reactive ketones (excluding diaryl/α,β-unsaturated/α-hetero) is 1. The average molecular weight is 373 g/mol. The van der Waals surface area contributed by atoms with Crippen LogP contribution in [0.15, 0.2) is 0 Å². The fourth-order valence-corrected chi connectivity index (χ4v) is 3.18. The zero-order valence-electron chi connectivity index (χ0n) is 15.8. The Balaban J connectivity index is 0. The normalized spacial score (nSPS) is 14.0. The van der Waals surface area contributed by atoms with E-state index in [-0.39, 0.29) is 42.5 Å². The average Bonchev–Trinajstić information content (AvgIpc) is 2.50. The van der Waals surface area contributed by atoms with Crippen molar-refractivity contribution in [3.05, 3.63) is 0 Å². The second-order valence-electron chi connectivity index (χ2n) is 6.62. The molecule has 7 heteroatoms. The molecule has 1 atom stereocenters. The Morgan fingerprint density at radius 1 is 0.917 bits per heavy atom. The number of ketones is 1. The first-order valence-corrected chi connectivity index (χ1v) is 10.4. The Morgan fingerprint density at radius 3 is 1.62 bits per heavy atom. The van der Waals surface area contributed by atoms with Gasteiger partial charge in [-0.2, -0.15) is 8.42 Å². The largest absolute Gasteiger partial charge is 1.00 e. The summed E-state index contributed by atoms with van der Waals surface area (Å²) in [6, 6.07) is 0. The minimum absolute atomic E-state index is 0. The van der Waals surface area contributed by atoms with Crippen LogP contribution in [0.3, 0.4) is 0 Å². The first-order valence-electron chi connectivity index (χ1n) is 9.00. The Hall–Kier alpha value is 0.540. The molecule has 0 radical (unpaired) electrons. The molecule has 0 heterocycles. The van der Waals surface area contributed by atoms with Gasteiger partial charge in [-0.1, -0.05) is 71.1 Å². The third kappa shape index (κ3) is 10.5. The van der Waals surface area contributed by atoms with Crippen molar-refractivity contribution in [3.8, 4) is 0 Å². The molecule has 0 aromatic heterocycles. The third-order valence-electron chi connectivity index (χ3n) is 4.56. The zero-order chi connectivity index (χ0) is 17.8. The molecule has 3 N–H and O–H groups in total. The zero-order valence-corrected chi connectivity index (χ0v) is 18.7. The summed E-state index contributed by atoms with van der Waals surface area (Å²) in [7, 11) is -4.45. The van der Waals surface area contributed by atoms with Crippen LogP contribution in [0.2, 0.25) is 0 Å². The van der Waals surface area contributed by atoms with E-state index in [1.165, 1.54) is 51.9 Å². The van der Waals surface area contributed by atoms with Gasteiger partial charge >= 0.3 is 29.6 Å². The van der Waals surface area contributed by atoms with E-state index in [4.69, 9.17) is 10.3 Å². The molecule has 5 nitrogen and oxygen atoms in total. The van der Waals surface area contributed by atoms with Gasteiger partial charge in [-0.15, -0.1) is 0 Å². The molecule has 138 valence electrons. The molecular formula is C17H35NNaO4S+. The summed E-state index contributed by atoms with van der Waals surface area (Å²) in [6.45, 7) is 3.03. The quantitative estimate of drug-likeness (QED) is 0.252. The van der Waals surface area contributed by atoms with E-state index >= 15 is 0 Å². The SMILES string of the molecule is CCCCCCCCCCCCCC(=O)C(C)(CN)S(=O)(=O)O.[Na+]. The smallest absolute Gasteiger partial charge is 0.328 e. The summed E-state index contributed by atoms with van der Waals surface area (Å²) in [5.74, 6) is -0.488. The number of carbonyl (C=O) groups excluding carboxylic acids is 1. The van der Waals surface area contributed by atoms with Crippen LogP contribution in [0, 0.1) is 0 Å². The molecule has 0 aliphatic heterocycles. The molecule has 0 aliphatic rings. The maximum Gasteiger partial charge on any atom is 1.00 e. The van der Waals surface area contributed by atoms with Gasteiger partial charge in [0.15, 0.2) is 10.5 Å². The van der Waals surface area contributed by atoms with Gasteiger partial charge in [-0.05, 0) is 13.3 Å². The Kier molecular flexibility index (Phi) is 16.4. The van der Waals surface area contributed by atoms with Crippen molar-refractivity contribution in [2.24, 2.45) is 5.73 Å². The first kappa shape index (κ1) is 26.8. The molecule has 0 bridgehead atoms. The Morgan fingerprint density at radius 2 is 1.29 bits per heavy atom. The van der Waals surface area contributed by atoms with E-state index in [1.807, 2.05) is 0 Å². The Bertz CT molecular complexity index is 428. The van der Waals surface area contributed by atoms with Crippen LogP contribution in [-0.2, 0) is 14.9 Å². The second-order valence-corrected chi connectivity index (χ2v) is 8.47. The van der Waals surface area contributed by atoms with E-state index in [0.29, 0.717) is 6.42 Å². The van der Waals surface area contributed by atoms with E-state index in [1.54, 1.807) is 0 Å². The van der Waals surface area contributed by atoms with E-state index in [9.17, 15) is 13.2 Å². The maximum absolute atomic E-state index is 12.0. The standard InChI is InChI=1S/C17H35NO4S.Na/c1-3-4-5-6-7-8-9-10-11-12-13-14-16(19)17(2,15-18)23(20,21)22;/h3-15,18H2,1-2H3,(H,20,21,22);/q;+1. The van der Waals surface area contributed by atoms with Gasteiger partial charge in [-0.3, -0.25) is 9.35 Å². The predicted octanol–water partition coefficient (Wildman–Crippen LogP) is 0.866. The van der Waals surface area contributed by atoms with Crippen LogP contribution >= 0.6 is 0 Å². The van der Waals surface area contributed by atoms with Crippen molar-refractivity contribution in [2.75, 3.05) is 6.54 Å². The van der Waals surface area contributed by atoms with Crippen molar-refractivity contribution in [1.82, 2.24) is 0 Å². The molecular weight excluding hydrogens is 337 g/mol. The first-order chi connectivity index (χ1) is 10.8. The van der Waals surface area contributed by atoms with Crippen LogP contribution in [0.5, 0.6) is 0 Å². The Labute approximate surface area is 170 Å². The third-order valence-corrected chi connectivity index (χ3v) is 6.09. The van der Waals surface area contributed by atoms with Gasteiger partial charge in [0.25, 0.3) is 10.1 Å². The number of hydrogen-bond acceptors (Lipinski definition) is 4. The van der Waals surface area contributed by atoms with E-state index in [0.717, 1.165) is 19.3 Å². The van der Waals surface area contributed by atoms with Gasteiger partial charge < -0.3 is 5.73 Å². The van der Waals surface area contributed by atoms with Crippen LogP contribution < -0.4 is 35.3 Å². The van der Waals surface area contributed by atoms with Gasteiger partial charge in [-0.25, -0.2) is 0 Å². The van der Waals surface area contributed by atoms with Crippen molar-refractivity contribution in [3.63, 3.8) is 0 Å².